The zero-order valence-electron chi connectivity index (χ0n) is 13.0. The van der Waals surface area contributed by atoms with Gasteiger partial charge < -0.3 is 14.5 Å². The predicted molar refractivity (Wildman–Crippen MR) is 76.0 cm³/mol. The smallest absolute Gasteiger partial charge is 0.225 e. The monoisotopic (exact) mass is 268 g/mol. The van der Waals surface area contributed by atoms with E-state index in [1.54, 1.807) is 0 Å². The summed E-state index contributed by atoms with van der Waals surface area (Å²) in [6, 6.07) is 0.508. The van der Waals surface area contributed by atoms with Crippen molar-refractivity contribution < 1.29 is 9.53 Å². The standard InChI is InChI=1S/C15H28N2O2/c1-11-8-13(6-7-16(11)5)14(18)17-9-12(2)19-15(3,4)10-17/h11-13H,6-10H2,1-5H3/t11-,12+,13-/m0/s1. The Hall–Kier alpha value is -0.610. The highest BCUT2D eigenvalue weighted by Gasteiger charge is 2.37. The normalized spacial score (nSPS) is 36.3. The van der Waals surface area contributed by atoms with Crippen molar-refractivity contribution in [3.8, 4) is 0 Å². The highest BCUT2D eigenvalue weighted by Crippen LogP contribution is 2.27. The molecule has 2 heterocycles. The van der Waals surface area contributed by atoms with Crippen molar-refractivity contribution in [1.82, 2.24) is 9.80 Å². The summed E-state index contributed by atoms with van der Waals surface area (Å²) in [4.78, 5) is 17.1. The number of carbonyl (C=O) groups is 1. The minimum Gasteiger partial charge on any atom is -0.369 e. The predicted octanol–water partition coefficient (Wildman–Crippen LogP) is 1.74. The van der Waals surface area contributed by atoms with E-state index < -0.39 is 0 Å². The molecule has 0 N–H and O–H groups in total. The van der Waals surface area contributed by atoms with E-state index in [0.29, 0.717) is 11.9 Å². The van der Waals surface area contributed by atoms with Crippen LogP contribution in [0.2, 0.25) is 0 Å². The molecule has 2 rings (SSSR count). The van der Waals surface area contributed by atoms with Gasteiger partial charge in [0, 0.05) is 25.0 Å². The third-order valence-electron chi connectivity index (χ3n) is 4.44. The lowest BCUT2D eigenvalue weighted by Gasteiger charge is -2.44. The quantitative estimate of drug-likeness (QED) is 0.726. The number of hydrogen-bond acceptors (Lipinski definition) is 3. The molecule has 2 saturated heterocycles. The molecule has 3 atom stereocenters. The number of carbonyl (C=O) groups excluding carboxylic acids is 1. The van der Waals surface area contributed by atoms with Gasteiger partial charge in [-0.1, -0.05) is 0 Å². The van der Waals surface area contributed by atoms with E-state index in [1.165, 1.54) is 0 Å². The van der Waals surface area contributed by atoms with Crippen molar-refractivity contribution in [3.05, 3.63) is 0 Å². The Morgan fingerprint density at radius 3 is 2.58 bits per heavy atom. The van der Waals surface area contributed by atoms with Gasteiger partial charge in [0.1, 0.15) is 0 Å². The molecule has 2 fully saturated rings. The summed E-state index contributed by atoms with van der Waals surface area (Å²) in [6.45, 7) is 10.9. The van der Waals surface area contributed by atoms with Gasteiger partial charge in [-0.05, 0) is 54.1 Å². The van der Waals surface area contributed by atoms with Gasteiger partial charge in [0.2, 0.25) is 5.91 Å². The van der Waals surface area contributed by atoms with Gasteiger partial charge in [0.25, 0.3) is 0 Å². The molecule has 0 bridgehead atoms. The molecule has 4 nitrogen and oxygen atoms in total. The molecule has 0 spiro atoms. The first-order chi connectivity index (χ1) is 8.78. The van der Waals surface area contributed by atoms with Crippen LogP contribution in [0, 0.1) is 5.92 Å². The summed E-state index contributed by atoms with van der Waals surface area (Å²) in [5.41, 5.74) is -0.218. The average Bonchev–Trinajstić information content (AvgIpc) is 2.29. The maximum atomic E-state index is 12.7. The summed E-state index contributed by atoms with van der Waals surface area (Å²) in [7, 11) is 2.14. The van der Waals surface area contributed by atoms with E-state index >= 15 is 0 Å². The van der Waals surface area contributed by atoms with Crippen molar-refractivity contribution in [3.63, 3.8) is 0 Å². The van der Waals surface area contributed by atoms with Crippen LogP contribution >= 0.6 is 0 Å². The molecule has 19 heavy (non-hydrogen) atoms. The Morgan fingerprint density at radius 1 is 1.32 bits per heavy atom. The van der Waals surface area contributed by atoms with Crippen LogP contribution in [-0.2, 0) is 9.53 Å². The molecule has 0 aromatic rings. The number of morpholine rings is 1. The summed E-state index contributed by atoms with van der Waals surface area (Å²) >= 11 is 0. The molecule has 0 aromatic heterocycles. The van der Waals surface area contributed by atoms with Gasteiger partial charge in [0.05, 0.1) is 11.7 Å². The van der Waals surface area contributed by atoms with Gasteiger partial charge in [0.15, 0.2) is 0 Å². The first-order valence-electron chi connectivity index (χ1n) is 7.45. The van der Waals surface area contributed by atoms with Crippen molar-refractivity contribution in [2.45, 2.75) is 58.3 Å². The fourth-order valence-corrected chi connectivity index (χ4v) is 3.39. The van der Waals surface area contributed by atoms with Crippen LogP contribution < -0.4 is 0 Å². The van der Waals surface area contributed by atoms with Gasteiger partial charge >= 0.3 is 0 Å². The molecule has 0 unspecified atom stereocenters. The number of hydrogen-bond donors (Lipinski definition) is 0. The number of ether oxygens (including phenoxy) is 1. The van der Waals surface area contributed by atoms with Crippen LogP contribution in [0.5, 0.6) is 0 Å². The van der Waals surface area contributed by atoms with Crippen LogP contribution in [-0.4, -0.2) is 60.1 Å². The summed E-state index contributed by atoms with van der Waals surface area (Å²) < 4.78 is 5.88. The van der Waals surface area contributed by atoms with Crippen LogP contribution in [0.3, 0.4) is 0 Å². The largest absolute Gasteiger partial charge is 0.369 e. The fourth-order valence-electron chi connectivity index (χ4n) is 3.39. The molecule has 0 saturated carbocycles. The third-order valence-corrected chi connectivity index (χ3v) is 4.44. The van der Waals surface area contributed by atoms with Gasteiger partial charge in [-0.3, -0.25) is 4.79 Å². The Kier molecular flexibility index (Phi) is 4.21. The summed E-state index contributed by atoms with van der Waals surface area (Å²) in [6.07, 6.45) is 2.12. The van der Waals surface area contributed by atoms with Crippen LogP contribution in [0.15, 0.2) is 0 Å². The van der Waals surface area contributed by atoms with Crippen molar-refractivity contribution in [1.29, 1.82) is 0 Å². The van der Waals surface area contributed by atoms with E-state index in [-0.39, 0.29) is 17.6 Å². The molecule has 2 aliphatic rings. The van der Waals surface area contributed by atoms with Gasteiger partial charge in [-0.2, -0.15) is 0 Å². The zero-order valence-corrected chi connectivity index (χ0v) is 13.0. The number of nitrogens with zero attached hydrogens (tertiary/aromatic N) is 2. The minimum absolute atomic E-state index is 0.136. The third kappa shape index (κ3) is 3.48. The highest BCUT2D eigenvalue weighted by atomic mass is 16.5. The lowest BCUT2D eigenvalue weighted by atomic mass is 9.90. The second-order valence-corrected chi connectivity index (χ2v) is 6.96. The van der Waals surface area contributed by atoms with E-state index in [1.807, 2.05) is 4.90 Å². The topological polar surface area (TPSA) is 32.8 Å². The van der Waals surface area contributed by atoms with Crippen LogP contribution in [0.1, 0.15) is 40.5 Å². The first kappa shape index (κ1) is 14.8. The minimum atomic E-state index is -0.218. The van der Waals surface area contributed by atoms with E-state index in [9.17, 15) is 4.79 Å². The molecule has 0 radical (unpaired) electrons. The van der Waals surface area contributed by atoms with Crippen molar-refractivity contribution in [2.24, 2.45) is 5.92 Å². The Bertz CT molecular complexity index is 343. The van der Waals surface area contributed by atoms with Crippen molar-refractivity contribution in [2.75, 3.05) is 26.7 Å². The molecular weight excluding hydrogens is 240 g/mol. The van der Waals surface area contributed by atoms with Crippen LogP contribution in [0.25, 0.3) is 0 Å². The molecule has 1 amide bonds. The van der Waals surface area contributed by atoms with Gasteiger partial charge in [-0.25, -0.2) is 0 Å². The Balaban J connectivity index is 1.99. The molecule has 0 aliphatic carbocycles. The average molecular weight is 268 g/mol. The lowest BCUT2D eigenvalue weighted by Crippen LogP contribution is -2.56. The molecule has 110 valence electrons. The fraction of sp³-hybridized carbons (Fsp3) is 0.933. The lowest BCUT2D eigenvalue weighted by molar-refractivity contribution is -0.163. The molecular formula is C15H28N2O2. The highest BCUT2D eigenvalue weighted by molar-refractivity contribution is 5.79. The van der Waals surface area contributed by atoms with E-state index in [0.717, 1.165) is 32.5 Å². The first-order valence-corrected chi connectivity index (χ1v) is 7.45. The second kappa shape index (κ2) is 5.41. The zero-order chi connectivity index (χ0) is 14.2. The molecule has 4 heteroatoms. The summed E-state index contributed by atoms with van der Waals surface area (Å²) in [5, 5.41) is 0. The molecule has 2 aliphatic heterocycles. The Labute approximate surface area is 117 Å². The van der Waals surface area contributed by atoms with Gasteiger partial charge in [-0.15, -0.1) is 0 Å². The summed E-state index contributed by atoms with van der Waals surface area (Å²) in [5.74, 6) is 0.537. The van der Waals surface area contributed by atoms with E-state index in [4.69, 9.17) is 4.74 Å². The maximum Gasteiger partial charge on any atom is 0.225 e. The number of amides is 1. The number of rotatable bonds is 1. The number of piperidine rings is 1. The number of likely N-dealkylation sites (tertiary alicyclic amines) is 1. The SMILES string of the molecule is C[C@@H]1CN(C(=O)[C@H]2CCN(C)[C@@H](C)C2)CC(C)(C)O1. The second-order valence-electron chi connectivity index (χ2n) is 6.96. The molecule has 0 aromatic carbocycles. The maximum absolute atomic E-state index is 12.7. The Morgan fingerprint density at radius 2 is 2.00 bits per heavy atom. The van der Waals surface area contributed by atoms with Crippen molar-refractivity contribution >= 4 is 5.91 Å². The van der Waals surface area contributed by atoms with Crippen LogP contribution in [0.4, 0.5) is 0 Å². The van der Waals surface area contributed by atoms with E-state index in [2.05, 4.69) is 39.6 Å².